The zero-order chi connectivity index (χ0) is 13.6. The van der Waals surface area contributed by atoms with Crippen LogP contribution in [-0.2, 0) is 11.3 Å². The van der Waals surface area contributed by atoms with E-state index in [1.165, 1.54) is 4.88 Å². The predicted molar refractivity (Wildman–Crippen MR) is 78.0 cm³/mol. The summed E-state index contributed by atoms with van der Waals surface area (Å²) in [6.45, 7) is 12.4. The van der Waals surface area contributed by atoms with Crippen molar-refractivity contribution in [3.63, 3.8) is 0 Å². The van der Waals surface area contributed by atoms with Crippen LogP contribution in [0.15, 0.2) is 6.20 Å². The second-order valence-corrected chi connectivity index (χ2v) is 6.65. The van der Waals surface area contributed by atoms with Crippen LogP contribution in [0.3, 0.4) is 0 Å². The lowest BCUT2D eigenvalue weighted by molar-refractivity contribution is 0.0555. The third kappa shape index (κ3) is 5.46. The topological polar surface area (TPSA) is 34.1 Å². The van der Waals surface area contributed by atoms with Crippen molar-refractivity contribution in [2.45, 2.75) is 65.6 Å². The molecule has 3 nitrogen and oxygen atoms in total. The summed E-state index contributed by atoms with van der Waals surface area (Å²) in [5, 5.41) is 4.60. The SMILES string of the molecule is CCCC(OCC)c1ncc(CNC(C)(C)C)s1. The van der Waals surface area contributed by atoms with Crippen molar-refractivity contribution < 1.29 is 4.74 Å². The molecule has 0 saturated carbocycles. The first-order valence-electron chi connectivity index (χ1n) is 6.77. The van der Waals surface area contributed by atoms with Gasteiger partial charge in [0.25, 0.3) is 0 Å². The summed E-state index contributed by atoms with van der Waals surface area (Å²) in [6.07, 6.45) is 4.32. The molecule has 0 fully saturated rings. The first-order chi connectivity index (χ1) is 8.46. The zero-order valence-corrected chi connectivity index (χ0v) is 13.1. The highest BCUT2D eigenvalue weighted by Crippen LogP contribution is 2.27. The second-order valence-electron chi connectivity index (χ2n) is 5.50. The van der Waals surface area contributed by atoms with Gasteiger partial charge in [0.2, 0.25) is 0 Å². The first-order valence-corrected chi connectivity index (χ1v) is 7.59. The van der Waals surface area contributed by atoms with Gasteiger partial charge in [0.1, 0.15) is 11.1 Å². The van der Waals surface area contributed by atoms with Crippen molar-refractivity contribution >= 4 is 11.3 Å². The molecule has 0 aliphatic carbocycles. The lowest BCUT2D eigenvalue weighted by atomic mass is 10.1. The van der Waals surface area contributed by atoms with Crippen molar-refractivity contribution in [1.29, 1.82) is 0 Å². The number of hydrogen-bond donors (Lipinski definition) is 1. The van der Waals surface area contributed by atoms with Crippen LogP contribution < -0.4 is 5.32 Å². The Kier molecular flexibility index (Phi) is 6.26. The fraction of sp³-hybridized carbons (Fsp3) is 0.786. The van der Waals surface area contributed by atoms with Gasteiger partial charge in [0.05, 0.1) is 0 Å². The molecule has 4 heteroatoms. The van der Waals surface area contributed by atoms with E-state index in [1.54, 1.807) is 11.3 Å². The largest absolute Gasteiger partial charge is 0.371 e. The highest BCUT2D eigenvalue weighted by Gasteiger charge is 2.16. The Morgan fingerprint density at radius 3 is 2.67 bits per heavy atom. The van der Waals surface area contributed by atoms with Gasteiger partial charge in [0.15, 0.2) is 0 Å². The molecule has 1 aromatic heterocycles. The van der Waals surface area contributed by atoms with E-state index < -0.39 is 0 Å². The average molecular weight is 270 g/mol. The molecule has 1 N–H and O–H groups in total. The van der Waals surface area contributed by atoms with Crippen LogP contribution in [0.2, 0.25) is 0 Å². The quantitative estimate of drug-likeness (QED) is 0.815. The van der Waals surface area contributed by atoms with Crippen molar-refractivity contribution in [3.05, 3.63) is 16.1 Å². The molecule has 1 rings (SSSR count). The van der Waals surface area contributed by atoms with E-state index in [0.29, 0.717) is 0 Å². The lowest BCUT2D eigenvalue weighted by Crippen LogP contribution is -2.34. The minimum absolute atomic E-state index is 0.146. The van der Waals surface area contributed by atoms with Crippen LogP contribution >= 0.6 is 11.3 Å². The molecule has 104 valence electrons. The molecule has 0 aromatic carbocycles. The molecule has 1 atom stereocenters. The summed E-state index contributed by atoms with van der Waals surface area (Å²) >= 11 is 1.76. The summed E-state index contributed by atoms with van der Waals surface area (Å²) in [4.78, 5) is 5.79. The van der Waals surface area contributed by atoms with Gasteiger partial charge >= 0.3 is 0 Å². The lowest BCUT2D eigenvalue weighted by Gasteiger charge is -2.19. The van der Waals surface area contributed by atoms with E-state index >= 15 is 0 Å². The van der Waals surface area contributed by atoms with E-state index in [9.17, 15) is 0 Å². The first kappa shape index (κ1) is 15.6. The smallest absolute Gasteiger partial charge is 0.122 e. The van der Waals surface area contributed by atoms with Gasteiger partial charge in [-0.25, -0.2) is 4.98 Å². The van der Waals surface area contributed by atoms with Gasteiger partial charge in [-0.2, -0.15) is 0 Å². The van der Waals surface area contributed by atoms with E-state index in [-0.39, 0.29) is 11.6 Å². The number of hydrogen-bond acceptors (Lipinski definition) is 4. The monoisotopic (exact) mass is 270 g/mol. The Labute approximate surface area is 115 Å². The van der Waals surface area contributed by atoms with E-state index in [1.807, 2.05) is 13.1 Å². The summed E-state index contributed by atoms with van der Waals surface area (Å²) in [7, 11) is 0. The molecule has 0 spiro atoms. The molecule has 1 heterocycles. The van der Waals surface area contributed by atoms with Gasteiger partial charge in [-0.05, 0) is 34.1 Å². The third-order valence-electron chi connectivity index (χ3n) is 2.56. The number of rotatable bonds is 7. The maximum Gasteiger partial charge on any atom is 0.122 e. The molecule has 1 aromatic rings. The molecule has 0 aliphatic heterocycles. The fourth-order valence-corrected chi connectivity index (χ4v) is 2.59. The Bertz CT molecular complexity index is 338. The molecule has 0 aliphatic rings. The van der Waals surface area contributed by atoms with Crippen LogP contribution in [0.5, 0.6) is 0 Å². The minimum Gasteiger partial charge on any atom is -0.371 e. The summed E-state index contributed by atoms with van der Waals surface area (Å²) in [5.41, 5.74) is 0.146. The van der Waals surface area contributed by atoms with Gasteiger partial charge < -0.3 is 10.1 Å². The molecule has 0 bridgehead atoms. The maximum atomic E-state index is 5.75. The molecular formula is C14H26N2OS. The van der Waals surface area contributed by atoms with Crippen molar-refractivity contribution in [2.75, 3.05) is 6.61 Å². The minimum atomic E-state index is 0.146. The Balaban J connectivity index is 2.60. The van der Waals surface area contributed by atoms with Gasteiger partial charge in [0, 0.05) is 29.8 Å². The van der Waals surface area contributed by atoms with Gasteiger partial charge in [-0.3, -0.25) is 0 Å². The number of nitrogens with one attached hydrogen (secondary N) is 1. The molecule has 18 heavy (non-hydrogen) atoms. The van der Waals surface area contributed by atoms with Crippen LogP contribution in [0, 0.1) is 0 Å². The normalized spacial score (nSPS) is 13.8. The summed E-state index contributed by atoms with van der Waals surface area (Å²) < 4.78 is 5.75. The Hall–Kier alpha value is -0.450. The molecule has 0 saturated heterocycles. The fourth-order valence-electron chi connectivity index (χ4n) is 1.65. The molecular weight excluding hydrogens is 244 g/mol. The zero-order valence-electron chi connectivity index (χ0n) is 12.2. The third-order valence-corrected chi connectivity index (χ3v) is 3.65. The van der Waals surface area contributed by atoms with Gasteiger partial charge in [-0.1, -0.05) is 13.3 Å². The van der Waals surface area contributed by atoms with Crippen molar-refractivity contribution in [2.24, 2.45) is 0 Å². The van der Waals surface area contributed by atoms with Gasteiger partial charge in [-0.15, -0.1) is 11.3 Å². The molecule has 0 amide bonds. The summed E-state index contributed by atoms with van der Waals surface area (Å²) in [5.74, 6) is 0. The standard InChI is InChI=1S/C14H26N2OS/c1-6-8-12(17-7-2)13-15-9-11(18-13)10-16-14(3,4)5/h9,12,16H,6-8,10H2,1-5H3. The number of ether oxygens (including phenoxy) is 1. The van der Waals surface area contributed by atoms with E-state index in [4.69, 9.17) is 4.74 Å². The number of nitrogens with zero attached hydrogens (tertiary/aromatic N) is 1. The summed E-state index contributed by atoms with van der Waals surface area (Å²) in [6, 6.07) is 0. The van der Waals surface area contributed by atoms with Crippen molar-refractivity contribution in [1.82, 2.24) is 10.3 Å². The maximum absolute atomic E-state index is 5.75. The van der Waals surface area contributed by atoms with E-state index in [0.717, 1.165) is 31.0 Å². The molecule has 0 radical (unpaired) electrons. The van der Waals surface area contributed by atoms with Crippen molar-refractivity contribution in [3.8, 4) is 0 Å². The molecule has 1 unspecified atom stereocenters. The average Bonchev–Trinajstić information content (AvgIpc) is 2.74. The number of thiazole rings is 1. The van der Waals surface area contributed by atoms with Crippen LogP contribution in [0.25, 0.3) is 0 Å². The van der Waals surface area contributed by atoms with Crippen LogP contribution in [0.4, 0.5) is 0 Å². The predicted octanol–water partition coefficient (Wildman–Crippen LogP) is 3.91. The second kappa shape index (κ2) is 7.22. The van der Waals surface area contributed by atoms with Crippen LogP contribution in [0.1, 0.15) is 63.4 Å². The number of aromatic nitrogens is 1. The highest BCUT2D eigenvalue weighted by atomic mass is 32.1. The Morgan fingerprint density at radius 1 is 1.39 bits per heavy atom. The van der Waals surface area contributed by atoms with E-state index in [2.05, 4.69) is 38.0 Å². The highest BCUT2D eigenvalue weighted by molar-refractivity contribution is 7.11. The van der Waals surface area contributed by atoms with Crippen LogP contribution in [-0.4, -0.2) is 17.1 Å². The Morgan fingerprint density at radius 2 is 2.11 bits per heavy atom.